The molecule has 0 radical (unpaired) electrons. The highest BCUT2D eigenvalue weighted by atomic mass is 16.2. The van der Waals surface area contributed by atoms with E-state index in [0.29, 0.717) is 5.56 Å². The van der Waals surface area contributed by atoms with Crippen molar-refractivity contribution in [2.24, 2.45) is 0 Å². The Labute approximate surface area is 170 Å². The van der Waals surface area contributed by atoms with Crippen LogP contribution in [0.1, 0.15) is 29.6 Å². The number of hydrogen-bond donors (Lipinski definition) is 2. The van der Waals surface area contributed by atoms with Crippen LogP contribution < -0.4 is 10.6 Å². The van der Waals surface area contributed by atoms with Gasteiger partial charge in [-0.1, -0.05) is 42.5 Å². The monoisotopic (exact) mass is 387 g/mol. The van der Waals surface area contributed by atoms with Gasteiger partial charge in [-0.05, 0) is 48.9 Å². The van der Waals surface area contributed by atoms with Crippen LogP contribution in [0.5, 0.6) is 0 Å². The van der Waals surface area contributed by atoms with Gasteiger partial charge in [0.05, 0.1) is 6.54 Å². The Hall–Kier alpha value is -3.34. The van der Waals surface area contributed by atoms with Crippen LogP contribution >= 0.6 is 0 Å². The van der Waals surface area contributed by atoms with Crippen LogP contribution in [0.3, 0.4) is 0 Å². The highest BCUT2D eigenvalue weighted by molar-refractivity contribution is 6.03. The number of benzene rings is 3. The first-order valence-corrected chi connectivity index (χ1v) is 10.1. The van der Waals surface area contributed by atoms with E-state index in [2.05, 4.69) is 10.6 Å². The molecule has 4 rings (SSSR count). The molecule has 1 fully saturated rings. The maximum absolute atomic E-state index is 12.7. The summed E-state index contributed by atoms with van der Waals surface area (Å²) in [6, 6.07) is 21.2. The Balaban J connectivity index is 1.38. The van der Waals surface area contributed by atoms with Crippen LogP contribution in [0.2, 0.25) is 0 Å². The molecule has 0 unspecified atom stereocenters. The summed E-state index contributed by atoms with van der Waals surface area (Å²) >= 11 is 0. The summed E-state index contributed by atoms with van der Waals surface area (Å²) in [5.74, 6) is -0.0670. The fourth-order valence-electron chi connectivity index (χ4n) is 3.75. The molecule has 1 aliphatic rings. The molecule has 2 N–H and O–H groups in total. The molecule has 3 aromatic carbocycles. The summed E-state index contributed by atoms with van der Waals surface area (Å²) in [4.78, 5) is 27.0. The molecule has 0 aromatic heterocycles. The maximum Gasteiger partial charge on any atom is 0.253 e. The van der Waals surface area contributed by atoms with Crippen LogP contribution in [-0.2, 0) is 4.79 Å². The predicted molar refractivity (Wildman–Crippen MR) is 117 cm³/mol. The molecule has 29 heavy (non-hydrogen) atoms. The summed E-state index contributed by atoms with van der Waals surface area (Å²) in [6.07, 6.45) is 3.33. The summed E-state index contributed by atoms with van der Waals surface area (Å²) in [5.41, 5.74) is 2.22. The Bertz CT molecular complexity index is 1020. The minimum Gasteiger partial charge on any atom is -0.376 e. The standard InChI is InChI=1S/C24H25N3O2/c28-23(26-22-13-7-9-18-8-2-3-12-21(18)22)17-25-20-11-6-10-19(16-20)24(29)27-14-4-1-5-15-27/h2-3,6-13,16,25H,1,4-5,14-15,17H2,(H,26,28). The average Bonchev–Trinajstić information content (AvgIpc) is 2.78. The molecule has 148 valence electrons. The van der Waals surface area contributed by atoms with Gasteiger partial charge in [-0.15, -0.1) is 0 Å². The van der Waals surface area contributed by atoms with E-state index in [1.807, 2.05) is 71.6 Å². The number of nitrogens with zero attached hydrogens (tertiary/aromatic N) is 1. The van der Waals surface area contributed by atoms with Gasteiger partial charge in [-0.2, -0.15) is 0 Å². The van der Waals surface area contributed by atoms with Crippen LogP contribution in [-0.4, -0.2) is 36.3 Å². The quantitative estimate of drug-likeness (QED) is 0.677. The second-order valence-electron chi connectivity index (χ2n) is 7.36. The van der Waals surface area contributed by atoms with Crippen molar-refractivity contribution < 1.29 is 9.59 Å². The van der Waals surface area contributed by atoms with Crippen LogP contribution in [0.15, 0.2) is 66.7 Å². The summed E-state index contributed by atoms with van der Waals surface area (Å²) in [7, 11) is 0. The van der Waals surface area contributed by atoms with Gasteiger partial charge < -0.3 is 15.5 Å². The van der Waals surface area contributed by atoms with Crippen molar-refractivity contribution in [3.63, 3.8) is 0 Å². The minimum absolute atomic E-state index is 0.0635. The molecule has 0 saturated carbocycles. The highest BCUT2D eigenvalue weighted by Crippen LogP contribution is 2.23. The number of nitrogens with one attached hydrogen (secondary N) is 2. The highest BCUT2D eigenvalue weighted by Gasteiger charge is 2.18. The summed E-state index contributed by atoms with van der Waals surface area (Å²) < 4.78 is 0. The zero-order valence-corrected chi connectivity index (χ0v) is 16.4. The topological polar surface area (TPSA) is 61.4 Å². The number of carbonyl (C=O) groups is 2. The summed E-state index contributed by atoms with van der Waals surface area (Å²) in [6.45, 7) is 1.78. The Morgan fingerprint density at radius 1 is 0.862 bits per heavy atom. The molecule has 0 atom stereocenters. The number of hydrogen-bond acceptors (Lipinski definition) is 3. The first-order valence-electron chi connectivity index (χ1n) is 10.1. The number of carbonyl (C=O) groups excluding carboxylic acids is 2. The van der Waals surface area contributed by atoms with E-state index in [0.717, 1.165) is 48.1 Å². The van der Waals surface area contributed by atoms with Gasteiger partial charge in [-0.3, -0.25) is 9.59 Å². The Morgan fingerprint density at radius 2 is 1.62 bits per heavy atom. The van der Waals surface area contributed by atoms with Gasteiger partial charge in [0, 0.05) is 35.4 Å². The Kier molecular flexibility index (Phi) is 5.75. The lowest BCUT2D eigenvalue weighted by atomic mass is 10.1. The van der Waals surface area contributed by atoms with E-state index in [1.54, 1.807) is 0 Å². The van der Waals surface area contributed by atoms with Gasteiger partial charge in [0.2, 0.25) is 5.91 Å². The molecule has 2 amide bonds. The second kappa shape index (κ2) is 8.78. The average molecular weight is 387 g/mol. The second-order valence-corrected chi connectivity index (χ2v) is 7.36. The lowest BCUT2D eigenvalue weighted by Gasteiger charge is -2.26. The fourth-order valence-corrected chi connectivity index (χ4v) is 3.75. The predicted octanol–water partition coefficient (Wildman–Crippen LogP) is 4.52. The number of amides is 2. The van der Waals surface area contributed by atoms with E-state index in [4.69, 9.17) is 0 Å². The molecule has 0 spiro atoms. The van der Waals surface area contributed by atoms with Gasteiger partial charge >= 0.3 is 0 Å². The SMILES string of the molecule is O=C(CNc1cccc(C(=O)N2CCCCC2)c1)Nc1cccc2ccccc12. The zero-order chi connectivity index (χ0) is 20.1. The molecule has 5 nitrogen and oxygen atoms in total. The number of rotatable bonds is 5. The van der Waals surface area contributed by atoms with E-state index in [9.17, 15) is 9.59 Å². The largest absolute Gasteiger partial charge is 0.376 e. The molecule has 1 heterocycles. The lowest BCUT2D eigenvalue weighted by molar-refractivity contribution is -0.114. The lowest BCUT2D eigenvalue weighted by Crippen LogP contribution is -2.35. The number of fused-ring (bicyclic) bond motifs is 1. The van der Waals surface area contributed by atoms with E-state index >= 15 is 0 Å². The number of piperidine rings is 1. The van der Waals surface area contributed by atoms with Crippen molar-refractivity contribution in [1.29, 1.82) is 0 Å². The third-order valence-electron chi connectivity index (χ3n) is 5.27. The first kappa shape index (κ1) is 19.0. The van der Waals surface area contributed by atoms with Gasteiger partial charge in [0.15, 0.2) is 0 Å². The van der Waals surface area contributed by atoms with Crippen molar-refractivity contribution in [2.75, 3.05) is 30.3 Å². The Morgan fingerprint density at radius 3 is 2.48 bits per heavy atom. The van der Waals surface area contributed by atoms with Crippen molar-refractivity contribution in [3.05, 3.63) is 72.3 Å². The molecular weight excluding hydrogens is 362 g/mol. The van der Waals surface area contributed by atoms with Crippen molar-refractivity contribution in [1.82, 2.24) is 4.90 Å². The van der Waals surface area contributed by atoms with E-state index < -0.39 is 0 Å². The summed E-state index contributed by atoms with van der Waals surface area (Å²) in [5, 5.41) is 8.19. The smallest absolute Gasteiger partial charge is 0.253 e. The van der Waals surface area contributed by atoms with Crippen molar-refractivity contribution in [3.8, 4) is 0 Å². The third-order valence-corrected chi connectivity index (χ3v) is 5.27. The molecule has 0 bridgehead atoms. The molecule has 5 heteroatoms. The maximum atomic E-state index is 12.7. The van der Waals surface area contributed by atoms with Crippen LogP contribution in [0.4, 0.5) is 11.4 Å². The number of likely N-dealkylation sites (tertiary alicyclic amines) is 1. The normalized spacial score (nSPS) is 13.9. The molecule has 0 aliphatic carbocycles. The molecule has 1 saturated heterocycles. The number of anilines is 2. The minimum atomic E-state index is -0.130. The van der Waals surface area contributed by atoms with Crippen LogP contribution in [0, 0.1) is 0 Å². The van der Waals surface area contributed by atoms with Gasteiger partial charge in [-0.25, -0.2) is 0 Å². The van der Waals surface area contributed by atoms with Crippen molar-refractivity contribution in [2.45, 2.75) is 19.3 Å². The van der Waals surface area contributed by atoms with Crippen LogP contribution in [0.25, 0.3) is 10.8 Å². The fraction of sp³-hybridized carbons (Fsp3) is 0.250. The molecular formula is C24H25N3O2. The van der Waals surface area contributed by atoms with Gasteiger partial charge in [0.25, 0.3) is 5.91 Å². The third kappa shape index (κ3) is 4.57. The van der Waals surface area contributed by atoms with E-state index in [1.165, 1.54) is 6.42 Å². The first-order chi connectivity index (χ1) is 14.2. The van der Waals surface area contributed by atoms with E-state index in [-0.39, 0.29) is 18.4 Å². The molecule has 1 aliphatic heterocycles. The van der Waals surface area contributed by atoms with Gasteiger partial charge in [0.1, 0.15) is 0 Å². The van der Waals surface area contributed by atoms with Crippen molar-refractivity contribution >= 4 is 34.0 Å². The molecule has 3 aromatic rings. The zero-order valence-electron chi connectivity index (χ0n) is 16.4.